The van der Waals surface area contributed by atoms with Gasteiger partial charge in [-0.05, 0) is 0 Å². The Bertz CT molecular complexity index is 384. The zero-order valence-electron chi connectivity index (χ0n) is 10.4. The molecule has 0 aliphatic heterocycles. The van der Waals surface area contributed by atoms with Crippen molar-refractivity contribution in [3.05, 3.63) is 16.1 Å². The third-order valence-corrected chi connectivity index (χ3v) is 3.11. The topological polar surface area (TPSA) is 88.2 Å². The van der Waals surface area contributed by atoms with E-state index in [9.17, 15) is 9.90 Å². The summed E-state index contributed by atoms with van der Waals surface area (Å²) in [7, 11) is 0. The summed E-state index contributed by atoms with van der Waals surface area (Å²) >= 11 is 1.57. The Hall–Kier alpha value is -0.980. The minimum atomic E-state index is -1.14. The molecule has 1 rings (SSSR count). The van der Waals surface area contributed by atoms with E-state index >= 15 is 0 Å². The second-order valence-electron chi connectivity index (χ2n) is 4.93. The highest BCUT2D eigenvalue weighted by Crippen LogP contribution is 2.23. The summed E-state index contributed by atoms with van der Waals surface area (Å²) in [6.45, 7) is 7.01. The Kier molecular flexibility index (Phi) is 4.62. The van der Waals surface area contributed by atoms with Crippen LogP contribution in [0.2, 0.25) is 0 Å². The second-order valence-corrected chi connectivity index (χ2v) is 5.87. The van der Waals surface area contributed by atoms with E-state index in [1.165, 1.54) is 0 Å². The van der Waals surface area contributed by atoms with Gasteiger partial charge in [0.1, 0.15) is 11.1 Å². The van der Waals surface area contributed by atoms with Gasteiger partial charge in [-0.2, -0.15) is 0 Å². The number of nitrogens with zero attached hydrogens (tertiary/aromatic N) is 1. The number of rotatable bonds is 5. The van der Waals surface area contributed by atoms with E-state index in [1.807, 2.05) is 5.38 Å². The number of hydrogen-bond acceptors (Lipinski definition) is 5. The number of aromatic nitrogens is 1. The number of carbonyl (C=O) groups is 1. The van der Waals surface area contributed by atoms with Crippen LogP contribution in [0, 0.1) is 0 Å². The van der Waals surface area contributed by atoms with Gasteiger partial charge in [-0.3, -0.25) is 4.79 Å². The van der Waals surface area contributed by atoms with Crippen LogP contribution in [0.15, 0.2) is 5.38 Å². The number of nitrogens with one attached hydrogen (secondary N) is 1. The van der Waals surface area contributed by atoms with Crippen LogP contribution in [0.1, 0.15) is 31.5 Å². The molecule has 1 aromatic heterocycles. The molecular weight excluding hydrogens is 238 g/mol. The fourth-order valence-corrected chi connectivity index (χ4v) is 2.14. The van der Waals surface area contributed by atoms with Gasteiger partial charge in [0.2, 0.25) is 5.91 Å². The van der Waals surface area contributed by atoms with Crippen molar-refractivity contribution in [3.63, 3.8) is 0 Å². The largest absolute Gasteiger partial charge is 0.382 e. The van der Waals surface area contributed by atoms with Crippen LogP contribution in [0.3, 0.4) is 0 Å². The molecule has 4 N–H and O–H groups in total. The molecule has 0 aromatic carbocycles. The number of amides is 1. The van der Waals surface area contributed by atoms with Gasteiger partial charge in [-0.25, -0.2) is 4.98 Å². The first-order valence-electron chi connectivity index (χ1n) is 5.43. The van der Waals surface area contributed by atoms with E-state index in [0.29, 0.717) is 6.54 Å². The van der Waals surface area contributed by atoms with Crippen molar-refractivity contribution >= 4 is 17.2 Å². The zero-order chi connectivity index (χ0) is 13.1. The molecule has 17 heavy (non-hydrogen) atoms. The molecule has 0 saturated carbocycles. The molecule has 1 aromatic rings. The van der Waals surface area contributed by atoms with Crippen molar-refractivity contribution in [2.75, 3.05) is 6.54 Å². The number of carbonyl (C=O) groups excluding carboxylic acids is 1. The highest BCUT2D eigenvalue weighted by molar-refractivity contribution is 7.09. The summed E-state index contributed by atoms with van der Waals surface area (Å²) in [6, 6.07) is 0. The van der Waals surface area contributed by atoms with Crippen LogP contribution in [0.5, 0.6) is 0 Å². The average Bonchev–Trinajstić information content (AvgIpc) is 2.65. The quantitative estimate of drug-likeness (QED) is 0.711. The van der Waals surface area contributed by atoms with Gasteiger partial charge in [0, 0.05) is 23.9 Å². The van der Waals surface area contributed by atoms with Gasteiger partial charge in [0.15, 0.2) is 0 Å². The molecule has 0 radical (unpaired) electrons. The van der Waals surface area contributed by atoms with Gasteiger partial charge in [-0.1, -0.05) is 20.8 Å². The van der Waals surface area contributed by atoms with Gasteiger partial charge in [-0.15, -0.1) is 11.3 Å². The molecular formula is C11H19N3O2S. The first-order chi connectivity index (χ1) is 7.80. The van der Waals surface area contributed by atoms with E-state index in [4.69, 9.17) is 5.73 Å². The van der Waals surface area contributed by atoms with Crippen LogP contribution in [0.4, 0.5) is 0 Å². The zero-order valence-corrected chi connectivity index (χ0v) is 11.2. The van der Waals surface area contributed by atoms with E-state index in [1.54, 1.807) is 11.3 Å². The standard InChI is InChI=1S/C11H19N3O2S/c1-11(2,3)8-6-17-9(14-8)5-13-4-7(15)10(12)16/h6-7,13,15H,4-5H2,1-3H3,(H2,12,16). The van der Waals surface area contributed by atoms with Crippen molar-refractivity contribution in [2.24, 2.45) is 5.73 Å². The minimum Gasteiger partial charge on any atom is -0.382 e. The number of hydrogen-bond donors (Lipinski definition) is 3. The molecule has 96 valence electrons. The number of nitrogens with two attached hydrogens (primary N) is 1. The normalized spacial score (nSPS) is 13.6. The third kappa shape index (κ3) is 4.41. The summed E-state index contributed by atoms with van der Waals surface area (Å²) < 4.78 is 0. The maximum absolute atomic E-state index is 10.6. The summed E-state index contributed by atoms with van der Waals surface area (Å²) in [6.07, 6.45) is -1.14. The predicted molar refractivity (Wildman–Crippen MR) is 67.7 cm³/mol. The predicted octanol–water partition coefficient (Wildman–Crippen LogP) is 0.376. The lowest BCUT2D eigenvalue weighted by atomic mass is 9.93. The molecule has 0 fully saturated rings. The molecule has 0 spiro atoms. The Morgan fingerprint density at radius 2 is 2.29 bits per heavy atom. The summed E-state index contributed by atoms with van der Waals surface area (Å²) in [5, 5.41) is 15.1. The Balaban J connectivity index is 2.43. The maximum atomic E-state index is 10.6. The fraction of sp³-hybridized carbons (Fsp3) is 0.636. The number of thiazole rings is 1. The van der Waals surface area contributed by atoms with Gasteiger partial charge in [0.05, 0.1) is 5.69 Å². The van der Waals surface area contributed by atoms with Crippen LogP contribution in [-0.4, -0.2) is 28.6 Å². The monoisotopic (exact) mass is 257 g/mol. The van der Waals surface area contributed by atoms with E-state index < -0.39 is 12.0 Å². The number of aliphatic hydroxyl groups is 1. The summed E-state index contributed by atoms with van der Waals surface area (Å²) in [5.41, 5.74) is 6.03. The molecule has 0 saturated heterocycles. The van der Waals surface area contributed by atoms with Crippen LogP contribution < -0.4 is 11.1 Å². The molecule has 6 heteroatoms. The second kappa shape index (κ2) is 5.57. The van der Waals surface area contributed by atoms with Gasteiger partial charge >= 0.3 is 0 Å². The third-order valence-electron chi connectivity index (χ3n) is 2.26. The molecule has 1 unspecified atom stereocenters. The van der Waals surface area contributed by atoms with Gasteiger partial charge in [0.25, 0.3) is 0 Å². The van der Waals surface area contributed by atoms with E-state index in [0.717, 1.165) is 10.7 Å². The molecule has 1 atom stereocenters. The lowest BCUT2D eigenvalue weighted by molar-refractivity contribution is -0.125. The molecule has 0 aliphatic rings. The Morgan fingerprint density at radius 3 is 2.76 bits per heavy atom. The minimum absolute atomic E-state index is 0.0431. The van der Waals surface area contributed by atoms with Crippen LogP contribution in [-0.2, 0) is 16.8 Å². The van der Waals surface area contributed by atoms with Crippen molar-refractivity contribution < 1.29 is 9.90 Å². The number of primary amides is 1. The van der Waals surface area contributed by atoms with Crippen LogP contribution >= 0.6 is 11.3 Å². The Morgan fingerprint density at radius 1 is 1.65 bits per heavy atom. The first-order valence-corrected chi connectivity index (χ1v) is 6.31. The summed E-state index contributed by atoms with van der Waals surface area (Å²) in [4.78, 5) is 15.1. The number of aliphatic hydroxyl groups excluding tert-OH is 1. The molecule has 1 heterocycles. The first kappa shape index (κ1) is 14.1. The van der Waals surface area contributed by atoms with E-state index in [2.05, 4.69) is 31.1 Å². The smallest absolute Gasteiger partial charge is 0.247 e. The highest BCUT2D eigenvalue weighted by atomic mass is 32.1. The molecule has 0 aliphatic carbocycles. The van der Waals surface area contributed by atoms with Gasteiger partial charge < -0.3 is 16.2 Å². The van der Waals surface area contributed by atoms with Crippen molar-refractivity contribution in [1.82, 2.24) is 10.3 Å². The van der Waals surface area contributed by atoms with Crippen molar-refractivity contribution in [1.29, 1.82) is 0 Å². The molecule has 0 bridgehead atoms. The van der Waals surface area contributed by atoms with Crippen molar-refractivity contribution in [2.45, 2.75) is 38.8 Å². The summed E-state index contributed by atoms with van der Waals surface area (Å²) in [5.74, 6) is -0.716. The Labute approximate surface area is 105 Å². The molecule has 1 amide bonds. The van der Waals surface area contributed by atoms with Crippen molar-refractivity contribution in [3.8, 4) is 0 Å². The maximum Gasteiger partial charge on any atom is 0.247 e. The lowest BCUT2D eigenvalue weighted by Gasteiger charge is -2.14. The van der Waals surface area contributed by atoms with Crippen LogP contribution in [0.25, 0.3) is 0 Å². The highest BCUT2D eigenvalue weighted by Gasteiger charge is 2.17. The fourth-order valence-electron chi connectivity index (χ4n) is 1.15. The lowest BCUT2D eigenvalue weighted by Crippen LogP contribution is -2.37. The SMILES string of the molecule is CC(C)(C)c1csc(CNCC(O)C(N)=O)n1. The average molecular weight is 257 g/mol. The molecule has 5 nitrogen and oxygen atoms in total. The van der Waals surface area contributed by atoms with E-state index in [-0.39, 0.29) is 12.0 Å².